The number of benzene rings is 1. The Morgan fingerprint density at radius 2 is 2.19 bits per heavy atom. The van der Waals surface area contributed by atoms with Gasteiger partial charge in [0.25, 0.3) is 0 Å². The summed E-state index contributed by atoms with van der Waals surface area (Å²) in [6, 6.07) is 5.03. The lowest BCUT2D eigenvalue weighted by Gasteiger charge is -2.08. The van der Waals surface area contributed by atoms with Crippen molar-refractivity contribution in [3.8, 4) is 0 Å². The standard InChI is InChI=1S/C12H12BrFN2/c1-2-4-15-12-10-6-8(13)7-11(14)9(10)3-5-16-12/h3,5-7H,2,4H2,1H3,(H,15,16). The molecule has 1 aromatic heterocycles. The number of halogens is 2. The van der Waals surface area contributed by atoms with Crippen LogP contribution in [0.25, 0.3) is 10.8 Å². The van der Waals surface area contributed by atoms with E-state index in [9.17, 15) is 4.39 Å². The minimum absolute atomic E-state index is 0.230. The first-order valence-electron chi connectivity index (χ1n) is 5.20. The number of nitrogens with zero attached hydrogens (tertiary/aromatic N) is 1. The van der Waals surface area contributed by atoms with E-state index in [0.29, 0.717) is 5.39 Å². The van der Waals surface area contributed by atoms with E-state index in [4.69, 9.17) is 0 Å². The maximum absolute atomic E-state index is 13.7. The highest BCUT2D eigenvalue weighted by atomic mass is 79.9. The number of rotatable bonds is 3. The molecule has 0 aliphatic heterocycles. The predicted octanol–water partition coefficient (Wildman–Crippen LogP) is 3.96. The van der Waals surface area contributed by atoms with Crippen molar-refractivity contribution in [2.45, 2.75) is 13.3 Å². The summed E-state index contributed by atoms with van der Waals surface area (Å²) in [7, 11) is 0. The molecule has 0 saturated carbocycles. The van der Waals surface area contributed by atoms with E-state index in [-0.39, 0.29) is 5.82 Å². The Morgan fingerprint density at radius 1 is 1.38 bits per heavy atom. The van der Waals surface area contributed by atoms with E-state index < -0.39 is 0 Å². The van der Waals surface area contributed by atoms with Crippen LogP contribution in [0.4, 0.5) is 10.2 Å². The van der Waals surface area contributed by atoms with Gasteiger partial charge in [-0.15, -0.1) is 0 Å². The molecule has 0 bridgehead atoms. The molecule has 0 atom stereocenters. The first-order valence-corrected chi connectivity index (χ1v) is 5.99. The number of fused-ring (bicyclic) bond motifs is 1. The van der Waals surface area contributed by atoms with E-state index in [2.05, 4.69) is 33.2 Å². The molecule has 0 fully saturated rings. The van der Waals surface area contributed by atoms with Gasteiger partial charge in [-0.2, -0.15) is 0 Å². The van der Waals surface area contributed by atoms with Crippen LogP contribution in [0.2, 0.25) is 0 Å². The second-order valence-corrected chi connectivity index (χ2v) is 4.48. The van der Waals surface area contributed by atoms with Crippen molar-refractivity contribution in [1.82, 2.24) is 4.98 Å². The van der Waals surface area contributed by atoms with Gasteiger partial charge in [0.1, 0.15) is 11.6 Å². The molecule has 2 nitrogen and oxygen atoms in total. The van der Waals surface area contributed by atoms with Crippen LogP contribution >= 0.6 is 15.9 Å². The van der Waals surface area contributed by atoms with E-state index in [1.165, 1.54) is 6.07 Å². The predicted molar refractivity (Wildman–Crippen MR) is 68.2 cm³/mol. The normalized spacial score (nSPS) is 10.7. The molecule has 2 rings (SSSR count). The second kappa shape index (κ2) is 4.78. The van der Waals surface area contributed by atoms with E-state index in [1.54, 1.807) is 12.3 Å². The smallest absolute Gasteiger partial charge is 0.133 e. The Hall–Kier alpha value is -1.16. The Labute approximate surface area is 102 Å². The van der Waals surface area contributed by atoms with Gasteiger partial charge >= 0.3 is 0 Å². The lowest BCUT2D eigenvalue weighted by Crippen LogP contribution is -2.02. The quantitative estimate of drug-likeness (QED) is 0.922. The van der Waals surface area contributed by atoms with Crippen molar-refractivity contribution in [2.75, 3.05) is 11.9 Å². The third-order valence-corrected chi connectivity index (χ3v) is 2.79. The number of aromatic nitrogens is 1. The molecular formula is C12H12BrFN2. The summed E-state index contributed by atoms with van der Waals surface area (Å²) >= 11 is 3.29. The summed E-state index contributed by atoms with van der Waals surface area (Å²) in [5.41, 5.74) is 0. The summed E-state index contributed by atoms with van der Waals surface area (Å²) in [4.78, 5) is 4.23. The van der Waals surface area contributed by atoms with Crippen molar-refractivity contribution in [3.05, 3.63) is 34.7 Å². The van der Waals surface area contributed by atoms with Gasteiger partial charge in [0, 0.05) is 28.0 Å². The molecule has 0 radical (unpaired) electrons. The van der Waals surface area contributed by atoms with Crippen molar-refractivity contribution in [2.24, 2.45) is 0 Å². The van der Waals surface area contributed by atoms with Crippen LogP contribution in [0.5, 0.6) is 0 Å². The fourth-order valence-corrected chi connectivity index (χ4v) is 2.02. The molecule has 0 amide bonds. The van der Waals surface area contributed by atoms with Gasteiger partial charge < -0.3 is 5.32 Å². The number of hydrogen-bond donors (Lipinski definition) is 1. The molecule has 1 heterocycles. The van der Waals surface area contributed by atoms with Crippen LogP contribution in [-0.2, 0) is 0 Å². The van der Waals surface area contributed by atoms with Gasteiger partial charge in [0.2, 0.25) is 0 Å². The first-order chi connectivity index (χ1) is 7.72. The van der Waals surface area contributed by atoms with Gasteiger partial charge in [-0.25, -0.2) is 9.37 Å². The number of pyridine rings is 1. The summed E-state index contributed by atoms with van der Waals surface area (Å²) in [5.74, 6) is 0.505. The highest BCUT2D eigenvalue weighted by Gasteiger charge is 2.07. The molecule has 1 aromatic carbocycles. The van der Waals surface area contributed by atoms with Gasteiger partial charge in [0.15, 0.2) is 0 Å². The fourth-order valence-electron chi connectivity index (χ4n) is 1.59. The zero-order chi connectivity index (χ0) is 11.5. The molecule has 0 unspecified atom stereocenters. The summed E-state index contributed by atoms with van der Waals surface area (Å²) < 4.78 is 14.4. The third-order valence-electron chi connectivity index (χ3n) is 2.34. The van der Waals surface area contributed by atoms with Crippen LogP contribution in [0.3, 0.4) is 0 Å². The van der Waals surface area contributed by atoms with Gasteiger partial charge in [-0.05, 0) is 24.6 Å². The first kappa shape index (κ1) is 11.3. The molecule has 4 heteroatoms. The Kier molecular flexibility index (Phi) is 3.39. The van der Waals surface area contributed by atoms with Crippen molar-refractivity contribution >= 4 is 32.5 Å². The fraction of sp³-hybridized carbons (Fsp3) is 0.250. The largest absolute Gasteiger partial charge is 0.370 e. The minimum Gasteiger partial charge on any atom is -0.370 e. The number of nitrogens with one attached hydrogen (secondary N) is 1. The zero-order valence-electron chi connectivity index (χ0n) is 8.93. The van der Waals surface area contributed by atoms with Crippen LogP contribution in [0.1, 0.15) is 13.3 Å². The van der Waals surface area contributed by atoms with Crippen LogP contribution < -0.4 is 5.32 Å². The molecule has 2 aromatic rings. The monoisotopic (exact) mass is 282 g/mol. The van der Waals surface area contributed by atoms with Crippen molar-refractivity contribution < 1.29 is 4.39 Å². The van der Waals surface area contributed by atoms with Gasteiger partial charge in [-0.1, -0.05) is 22.9 Å². The van der Waals surface area contributed by atoms with Crippen LogP contribution in [0, 0.1) is 5.82 Å². The maximum atomic E-state index is 13.7. The summed E-state index contributed by atoms with van der Waals surface area (Å²) in [6.45, 7) is 2.91. The van der Waals surface area contributed by atoms with Crippen LogP contribution in [0.15, 0.2) is 28.9 Å². The Balaban J connectivity index is 2.57. The molecule has 0 spiro atoms. The topological polar surface area (TPSA) is 24.9 Å². The van der Waals surface area contributed by atoms with E-state index in [1.807, 2.05) is 6.07 Å². The third kappa shape index (κ3) is 2.16. The summed E-state index contributed by atoms with van der Waals surface area (Å²) in [6.07, 6.45) is 2.63. The molecule has 0 aliphatic carbocycles. The molecule has 0 saturated heterocycles. The zero-order valence-corrected chi connectivity index (χ0v) is 10.5. The molecular weight excluding hydrogens is 271 g/mol. The number of hydrogen-bond acceptors (Lipinski definition) is 2. The SMILES string of the molecule is CCCNc1nccc2c(F)cc(Br)cc12. The molecule has 0 aliphatic rings. The van der Waals surface area contributed by atoms with E-state index >= 15 is 0 Å². The minimum atomic E-state index is -0.230. The summed E-state index contributed by atoms with van der Waals surface area (Å²) in [5, 5.41) is 4.60. The molecule has 1 N–H and O–H groups in total. The molecule has 84 valence electrons. The molecule has 16 heavy (non-hydrogen) atoms. The van der Waals surface area contributed by atoms with Crippen molar-refractivity contribution in [1.29, 1.82) is 0 Å². The second-order valence-electron chi connectivity index (χ2n) is 3.57. The Bertz CT molecular complexity index is 514. The number of anilines is 1. The van der Waals surface area contributed by atoms with E-state index in [0.717, 1.165) is 28.6 Å². The highest BCUT2D eigenvalue weighted by molar-refractivity contribution is 9.10. The van der Waals surface area contributed by atoms with Crippen LogP contribution in [-0.4, -0.2) is 11.5 Å². The average Bonchev–Trinajstić information content (AvgIpc) is 2.26. The van der Waals surface area contributed by atoms with Crippen molar-refractivity contribution in [3.63, 3.8) is 0 Å². The lowest BCUT2D eigenvalue weighted by molar-refractivity contribution is 0.639. The maximum Gasteiger partial charge on any atom is 0.133 e. The Morgan fingerprint density at radius 3 is 2.94 bits per heavy atom. The van der Waals surface area contributed by atoms with Gasteiger partial charge in [-0.3, -0.25) is 0 Å². The van der Waals surface area contributed by atoms with Gasteiger partial charge in [0.05, 0.1) is 0 Å². The lowest BCUT2D eigenvalue weighted by atomic mass is 10.1. The highest BCUT2D eigenvalue weighted by Crippen LogP contribution is 2.27. The average molecular weight is 283 g/mol.